The maximum absolute atomic E-state index is 13.2. The van der Waals surface area contributed by atoms with E-state index in [0.717, 1.165) is 44.5 Å². The number of ether oxygens (including phenoxy) is 2. The average Bonchev–Trinajstić information content (AvgIpc) is 3.47. The lowest BCUT2D eigenvalue weighted by Crippen LogP contribution is -2.21. The van der Waals surface area contributed by atoms with Gasteiger partial charge in [0.15, 0.2) is 0 Å². The van der Waals surface area contributed by atoms with E-state index in [-0.39, 0.29) is 23.8 Å². The topological polar surface area (TPSA) is 52.6 Å². The molecular weight excluding hydrogens is 508 g/mol. The molecule has 2 heterocycles. The van der Waals surface area contributed by atoms with Crippen molar-refractivity contribution in [3.8, 4) is 11.5 Å². The van der Waals surface area contributed by atoms with E-state index in [0.29, 0.717) is 11.5 Å². The van der Waals surface area contributed by atoms with Gasteiger partial charge in [0, 0.05) is 16.5 Å². The third-order valence-corrected chi connectivity index (χ3v) is 8.74. The molecule has 4 aromatic carbocycles. The summed E-state index contributed by atoms with van der Waals surface area (Å²) in [6, 6.07) is 28.4. The van der Waals surface area contributed by atoms with Crippen LogP contribution >= 0.6 is 0 Å². The largest absolute Gasteiger partial charge is 0.425 e. The summed E-state index contributed by atoms with van der Waals surface area (Å²) in [7, 11) is 0. The van der Waals surface area contributed by atoms with Crippen LogP contribution in [0, 0.1) is 0 Å². The predicted molar refractivity (Wildman–Crippen MR) is 161 cm³/mol. The van der Waals surface area contributed by atoms with Gasteiger partial charge in [0.25, 0.3) is 0 Å². The van der Waals surface area contributed by atoms with Gasteiger partial charge in [0.05, 0.1) is 0 Å². The molecule has 0 aromatic heterocycles. The van der Waals surface area contributed by atoms with E-state index in [1.807, 2.05) is 60.7 Å². The molecule has 4 nitrogen and oxygen atoms in total. The van der Waals surface area contributed by atoms with Crippen molar-refractivity contribution in [2.75, 3.05) is 0 Å². The van der Waals surface area contributed by atoms with Crippen LogP contribution in [0.2, 0.25) is 0 Å². The highest BCUT2D eigenvalue weighted by atomic mass is 16.5. The smallest absolute Gasteiger partial charge is 0.323 e. The molecule has 2 aliphatic heterocycles. The molecule has 41 heavy (non-hydrogen) atoms. The number of benzene rings is 4. The standard InChI is InChI=1S/C37H36O4/c1-21(2)27-17-25(19-29-31(35(38)40-33(27)29)23-13-9-7-10-14-23)37(5,6)26-18-28(22(3)4)34-30(20-26)32(36(39)41-34)24-15-11-8-12-16-24/h7-22,31-32H,1-6H3. The van der Waals surface area contributed by atoms with Crippen molar-refractivity contribution >= 4 is 11.9 Å². The van der Waals surface area contributed by atoms with Crippen LogP contribution in [0.4, 0.5) is 0 Å². The van der Waals surface area contributed by atoms with Gasteiger partial charge in [0.2, 0.25) is 0 Å². The van der Waals surface area contributed by atoms with Crippen molar-refractivity contribution in [1.82, 2.24) is 0 Å². The average molecular weight is 545 g/mol. The molecule has 0 saturated heterocycles. The molecule has 6 rings (SSSR count). The summed E-state index contributed by atoms with van der Waals surface area (Å²) in [5.41, 5.74) is 7.54. The molecule has 2 aliphatic rings. The van der Waals surface area contributed by atoms with E-state index in [4.69, 9.17) is 9.47 Å². The third-order valence-electron chi connectivity index (χ3n) is 8.74. The fourth-order valence-electron chi connectivity index (χ4n) is 6.25. The molecule has 0 fully saturated rings. The summed E-state index contributed by atoms with van der Waals surface area (Å²) >= 11 is 0. The molecule has 0 bridgehead atoms. The molecule has 2 unspecified atom stereocenters. The quantitative estimate of drug-likeness (QED) is 0.181. The van der Waals surface area contributed by atoms with E-state index in [1.165, 1.54) is 0 Å². The number of hydrogen-bond acceptors (Lipinski definition) is 4. The Bertz CT molecular complexity index is 1520. The number of hydrogen-bond donors (Lipinski definition) is 0. The Hall–Kier alpha value is -4.18. The fraction of sp³-hybridized carbons (Fsp3) is 0.297. The highest BCUT2D eigenvalue weighted by molar-refractivity contribution is 5.91. The highest BCUT2D eigenvalue weighted by Crippen LogP contribution is 2.50. The van der Waals surface area contributed by atoms with E-state index < -0.39 is 17.3 Å². The van der Waals surface area contributed by atoms with Gasteiger partial charge in [-0.15, -0.1) is 0 Å². The van der Waals surface area contributed by atoms with Gasteiger partial charge in [-0.1, -0.05) is 114 Å². The lowest BCUT2D eigenvalue weighted by molar-refractivity contribution is -0.134. The summed E-state index contributed by atoms with van der Waals surface area (Å²) < 4.78 is 11.9. The molecule has 208 valence electrons. The minimum atomic E-state index is -0.459. The summed E-state index contributed by atoms with van der Waals surface area (Å²) in [6.45, 7) is 13.0. The van der Waals surface area contributed by atoms with Gasteiger partial charge in [0.1, 0.15) is 23.3 Å². The second-order valence-electron chi connectivity index (χ2n) is 12.4. The van der Waals surface area contributed by atoms with Crippen LogP contribution in [-0.4, -0.2) is 11.9 Å². The lowest BCUT2D eigenvalue weighted by atomic mass is 9.73. The van der Waals surface area contributed by atoms with Gasteiger partial charge in [-0.25, -0.2) is 0 Å². The maximum Gasteiger partial charge on any atom is 0.323 e. The first-order chi connectivity index (χ1) is 19.6. The summed E-state index contributed by atoms with van der Waals surface area (Å²) in [6.07, 6.45) is 0. The predicted octanol–water partition coefficient (Wildman–Crippen LogP) is 8.36. The van der Waals surface area contributed by atoms with E-state index in [9.17, 15) is 9.59 Å². The number of rotatable bonds is 6. The van der Waals surface area contributed by atoms with Crippen molar-refractivity contribution in [3.63, 3.8) is 0 Å². The molecule has 4 heteroatoms. The van der Waals surface area contributed by atoms with Gasteiger partial charge >= 0.3 is 11.9 Å². The summed E-state index contributed by atoms with van der Waals surface area (Å²) in [5, 5.41) is 0. The zero-order chi connectivity index (χ0) is 29.1. The Labute approximate surface area is 242 Å². The molecule has 0 amide bonds. The van der Waals surface area contributed by atoms with Gasteiger partial charge in [-0.2, -0.15) is 0 Å². The Morgan fingerprint density at radius 2 is 0.951 bits per heavy atom. The van der Waals surface area contributed by atoms with Crippen LogP contribution in [0.5, 0.6) is 11.5 Å². The van der Waals surface area contributed by atoms with Crippen molar-refractivity contribution in [2.24, 2.45) is 0 Å². The van der Waals surface area contributed by atoms with Crippen molar-refractivity contribution < 1.29 is 19.1 Å². The zero-order valence-electron chi connectivity index (χ0n) is 24.5. The molecular formula is C37H36O4. The number of carbonyl (C=O) groups is 2. The third kappa shape index (κ3) is 4.46. The van der Waals surface area contributed by atoms with Crippen molar-refractivity contribution in [3.05, 3.63) is 129 Å². The fourth-order valence-corrected chi connectivity index (χ4v) is 6.25. The maximum atomic E-state index is 13.2. The van der Waals surface area contributed by atoms with Crippen molar-refractivity contribution in [2.45, 2.75) is 70.6 Å². The summed E-state index contributed by atoms with van der Waals surface area (Å²) in [5.74, 6) is 0.339. The van der Waals surface area contributed by atoms with Gasteiger partial charge in [-0.3, -0.25) is 9.59 Å². The Morgan fingerprint density at radius 3 is 1.29 bits per heavy atom. The van der Waals surface area contributed by atoms with E-state index >= 15 is 0 Å². The van der Waals surface area contributed by atoms with Crippen LogP contribution in [-0.2, 0) is 15.0 Å². The van der Waals surface area contributed by atoms with Crippen LogP contribution in [0.25, 0.3) is 0 Å². The Kier molecular flexibility index (Phi) is 6.60. The normalized spacial score (nSPS) is 18.0. The molecule has 0 saturated carbocycles. The van der Waals surface area contributed by atoms with Crippen molar-refractivity contribution in [1.29, 1.82) is 0 Å². The van der Waals surface area contributed by atoms with Crippen LogP contribution in [0.3, 0.4) is 0 Å². The molecule has 0 aliphatic carbocycles. The summed E-state index contributed by atoms with van der Waals surface area (Å²) in [4.78, 5) is 26.4. The molecule has 0 N–H and O–H groups in total. The van der Waals surface area contributed by atoms with Gasteiger partial charge < -0.3 is 9.47 Å². The SMILES string of the molecule is CC(C)c1cc(C(C)(C)c2cc(C(C)C)c3c(c2)C(c2ccccc2)C(=O)O3)cc2c1OC(=O)C2c1ccccc1. The Morgan fingerprint density at radius 1 is 0.585 bits per heavy atom. The minimum absolute atomic E-state index is 0.168. The number of fused-ring (bicyclic) bond motifs is 2. The molecule has 0 spiro atoms. The molecule has 2 atom stereocenters. The van der Waals surface area contributed by atoms with Crippen LogP contribution in [0.1, 0.15) is 110 Å². The first-order valence-corrected chi connectivity index (χ1v) is 14.5. The van der Waals surface area contributed by atoms with E-state index in [1.54, 1.807) is 0 Å². The second-order valence-corrected chi connectivity index (χ2v) is 12.4. The first kappa shape index (κ1) is 27.0. The zero-order valence-corrected chi connectivity index (χ0v) is 24.5. The highest BCUT2D eigenvalue weighted by Gasteiger charge is 2.41. The molecule has 0 radical (unpaired) electrons. The minimum Gasteiger partial charge on any atom is -0.425 e. The first-order valence-electron chi connectivity index (χ1n) is 14.5. The van der Waals surface area contributed by atoms with E-state index in [2.05, 4.69) is 65.8 Å². The molecule has 4 aromatic rings. The lowest BCUT2D eigenvalue weighted by Gasteiger charge is -2.30. The Balaban J connectivity index is 1.53. The monoisotopic (exact) mass is 544 g/mol. The van der Waals surface area contributed by atoms with Crippen LogP contribution in [0.15, 0.2) is 84.9 Å². The number of carbonyl (C=O) groups excluding carboxylic acids is 2. The van der Waals surface area contributed by atoms with Gasteiger partial charge in [-0.05, 0) is 57.3 Å². The number of esters is 2. The van der Waals surface area contributed by atoms with Crippen LogP contribution < -0.4 is 9.47 Å². The second kappa shape index (κ2) is 10.0.